The van der Waals surface area contributed by atoms with Gasteiger partial charge >= 0.3 is 6.03 Å². The highest BCUT2D eigenvalue weighted by molar-refractivity contribution is 5.84. The van der Waals surface area contributed by atoms with Crippen molar-refractivity contribution in [3.8, 4) is 0 Å². The Labute approximate surface area is 85.7 Å². The zero-order valence-electron chi connectivity index (χ0n) is 9.25. The van der Waals surface area contributed by atoms with Crippen molar-refractivity contribution in [2.45, 2.75) is 33.6 Å². The van der Waals surface area contributed by atoms with E-state index in [9.17, 15) is 9.59 Å². The van der Waals surface area contributed by atoms with Gasteiger partial charge in [-0.1, -0.05) is 27.2 Å². The van der Waals surface area contributed by atoms with Crippen LogP contribution in [-0.4, -0.2) is 30.4 Å². The lowest BCUT2D eigenvalue weighted by Crippen LogP contribution is -2.41. The molecule has 3 amide bonds. The van der Waals surface area contributed by atoms with Crippen molar-refractivity contribution in [3.63, 3.8) is 0 Å². The molecule has 14 heavy (non-hydrogen) atoms. The van der Waals surface area contributed by atoms with E-state index in [4.69, 9.17) is 0 Å². The molecule has 0 spiro atoms. The first kappa shape index (κ1) is 12.9. The van der Waals surface area contributed by atoms with Gasteiger partial charge in [0.25, 0.3) is 0 Å². The molecule has 0 radical (unpaired) electrons. The van der Waals surface area contributed by atoms with Crippen LogP contribution in [0.5, 0.6) is 0 Å². The molecule has 0 unspecified atom stereocenters. The van der Waals surface area contributed by atoms with Gasteiger partial charge in [-0.2, -0.15) is 0 Å². The average molecular weight is 200 g/mol. The zero-order chi connectivity index (χ0) is 11.0. The standard InChI is InChI=1S/C10H20N2O2/c1-4-5-6-11-10(14)12(8-13)7-9(2)3/h8-9H,4-7H2,1-3H3,(H,11,14). The first-order valence-electron chi connectivity index (χ1n) is 5.11. The van der Waals surface area contributed by atoms with E-state index in [0.29, 0.717) is 25.4 Å². The fraction of sp³-hybridized carbons (Fsp3) is 0.800. The van der Waals surface area contributed by atoms with Crippen LogP contribution in [0.4, 0.5) is 4.79 Å². The highest BCUT2D eigenvalue weighted by Crippen LogP contribution is 1.96. The first-order chi connectivity index (χ1) is 6.61. The number of amides is 3. The quantitative estimate of drug-likeness (QED) is 0.523. The number of unbranched alkanes of at least 4 members (excludes halogenated alkanes) is 1. The predicted octanol–water partition coefficient (Wildman–Crippen LogP) is 1.61. The van der Waals surface area contributed by atoms with Crippen molar-refractivity contribution in [1.82, 2.24) is 10.2 Å². The number of hydrogen-bond acceptors (Lipinski definition) is 2. The van der Waals surface area contributed by atoms with Crippen LogP contribution in [0.15, 0.2) is 0 Å². The minimum absolute atomic E-state index is 0.290. The summed E-state index contributed by atoms with van der Waals surface area (Å²) < 4.78 is 0. The SMILES string of the molecule is CCCCNC(=O)N(C=O)CC(C)C. The number of rotatable bonds is 6. The summed E-state index contributed by atoms with van der Waals surface area (Å²) in [7, 11) is 0. The molecule has 4 heteroatoms. The van der Waals surface area contributed by atoms with Crippen LogP contribution >= 0.6 is 0 Å². The highest BCUT2D eigenvalue weighted by Gasteiger charge is 2.12. The average Bonchev–Trinajstić information content (AvgIpc) is 2.14. The largest absolute Gasteiger partial charge is 0.338 e. The van der Waals surface area contributed by atoms with Gasteiger partial charge in [-0.15, -0.1) is 0 Å². The second-order valence-corrected chi connectivity index (χ2v) is 3.74. The van der Waals surface area contributed by atoms with E-state index < -0.39 is 0 Å². The van der Waals surface area contributed by atoms with E-state index in [2.05, 4.69) is 12.2 Å². The molecule has 0 atom stereocenters. The van der Waals surface area contributed by atoms with Crippen molar-refractivity contribution in [1.29, 1.82) is 0 Å². The van der Waals surface area contributed by atoms with E-state index in [1.54, 1.807) is 0 Å². The number of nitrogens with one attached hydrogen (secondary N) is 1. The summed E-state index contributed by atoms with van der Waals surface area (Å²) >= 11 is 0. The van der Waals surface area contributed by atoms with Crippen LogP contribution in [0.25, 0.3) is 0 Å². The van der Waals surface area contributed by atoms with Crippen LogP contribution < -0.4 is 5.32 Å². The molecule has 0 saturated heterocycles. The lowest BCUT2D eigenvalue weighted by Gasteiger charge is -2.18. The molecule has 0 aliphatic carbocycles. The molecular weight excluding hydrogens is 180 g/mol. The number of nitrogens with zero attached hydrogens (tertiary/aromatic N) is 1. The maximum atomic E-state index is 11.4. The van der Waals surface area contributed by atoms with Crippen LogP contribution in [-0.2, 0) is 4.79 Å². The van der Waals surface area contributed by atoms with Crippen molar-refractivity contribution >= 4 is 12.4 Å². The topological polar surface area (TPSA) is 49.4 Å². The first-order valence-corrected chi connectivity index (χ1v) is 5.11. The van der Waals surface area contributed by atoms with E-state index in [0.717, 1.165) is 12.8 Å². The molecule has 0 aromatic rings. The minimum Gasteiger partial charge on any atom is -0.338 e. The summed E-state index contributed by atoms with van der Waals surface area (Å²) in [4.78, 5) is 23.1. The van der Waals surface area contributed by atoms with Gasteiger partial charge in [-0.25, -0.2) is 4.79 Å². The summed E-state index contributed by atoms with van der Waals surface area (Å²) in [5.41, 5.74) is 0. The molecule has 0 bridgehead atoms. The zero-order valence-corrected chi connectivity index (χ0v) is 9.25. The van der Waals surface area contributed by atoms with E-state index in [1.807, 2.05) is 13.8 Å². The monoisotopic (exact) mass is 200 g/mol. The maximum Gasteiger partial charge on any atom is 0.323 e. The van der Waals surface area contributed by atoms with Crippen molar-refractivity contribution < 1.29 is 9.59 Å². The number of urea groups is 1. The van der Waals surface area contributed by atoms with E-state index in [-0.39, 0.29) is 6.03 Å². The Kier molecular flexibility index (Phi) is 6.80. The van der Waals surface area contributed by atoms with Gasteiger partial charge in [0.05, 0.1) is 0 Å². The Morgan fingerprint density at radius 1 is 1.50 bits per heavy atom. The van der Waals surface area contributed by atoms with E-state index in [1.165, 1.54) is 4.90 Å². The van der Waals surface area contributed by atoms with Crippen molar-refractivity contribution in [2.75, 3.05) is 13.1 Å². The number of carbonyl (C=O) groups is 2. The molecule has 0 aromatic carbocycles. The number of carbonyl (C=O) groups excluding carboxylic acids is 2. The summed E-state index contributed by atoms with van der Waals surface area (Å²) in [6, 6.07) is -0.290. The van der Waals surface area contributed by atoms with E-state index >= 15 is 0 Å². The van der Waals surface area contributed by atoms with Crippen LogP contribution in [0.2, 0.25) is 0 Å². The normalized spacial score (nSPS) is 10.0. The Hall–Kier alpha value is -1.06. The minimum atomic E-state index is -0.290. The summed E-state index contributed by atoms with van der Waals surface area (Å²) in [5.74, 6) is 0.303. The molecular formula is C10H20N2O2. The second-order valence-electron chi connectivity index (χ2n) is 3.74. The van der Waals surface area contributed by atoms with Crippen molar-refractivity contribution in [2.24, 2.45) is 5.92 Å². The molecule has 0 fully saturated rings. The Morgan fingerprint density at radius 2 is 2.14 bits per heavy atom. The van der Waals surface area contributed by atoms with Gasteiger partial charge in [-0.3, -0.25) is 9.69 Å². The van der Waals surface area contributed by atoms with Gasteiger partial charge in [0.1, 0.15) is 0 Å². The maximum absolute atomic E-state index is 11.4. The fourth-order valence-electron chi connectivity index (χ4n) is 1.04. The van der Waals surface area contributed by atoms with Gasteiger partial charge in [0.15, 0.2) is 0 Å². The third-order valence-electron chi connectivity index (χ3n) is 1.76. The summed E-state index contributed by atoms with van der Waals surface area (Å²) in [6.07, 6.45) is 2.56. The molecule has 0 aromatic heterocycles. The smallest absolute Gasteiger partial charge is 0.323 e. The number of hydrogen-bond donors (Lipinski definition) is 1. The fourth-order valence-corrected chi connectivity index (χ4v) is 1.04. The van der Waals surface area contributed by atoms with Gasteiger partial charge in [0.2, 0.25) is 6.41 Å². The molecule has 0 aliphatic rings. The lowest BCUT2D eigenvalue weighted by atomic mass is 10.2. The molecule has 0 heterocycles. The molecule has 1 N–H and O–H groups in total. The molecule has 82 valence electrons. The predicted molar refractivity (Wildman–Crippen MR) is 55.9 cm³/mol. The Morgan fingerprint density at radius 3 is 2.57 bits per heavy atom. The lowest BCUT2D eigenvalue weighted by molar-refractivity contribution is -0.116. The van der Waals surface area contributed by atoms with Crippen LogP contribution in [0, 0.1) is 5.92 Å². The van der Waals surface area contributed by atoms with Crippen molar-refractivity contribution in [3.05, 3.63) is 0 Å². The van der Waals surface area contributed by atoms with Crippen LogP contribution in [0.3, 0.4) is 0 Å². The summed E-state index contributed by atoms with van der Waals surface area (Å²) in [6.45, 7) is 7.10. The summed E-state index contributed by atoms with van der Waals surface area (Å²) in [5, 5.41) is 2.70. The van der Waals surface area contributed by atoms with Gasteiger partial charge < -0.3 is 5.32 Å². The molecule has 4 nitrogen and oxygen atoms in total. The van der Waals surface area contributed by atoms with Crippen LogP contribution in [0.1, 0.15) is 33.6 Å². The number of imide groups is 1. The Balaban J connectivity index is 3.85. The third kappa shape index (κ3) is 5.56. The Bertz CT molecular complexity index is 181. The molecule has 0 rings (SSSR count). The molecule has 0 aliphatic heterocycles. The second kappa shape index (κ2) is 7.35. The third-order valence-corrected chi connectivity index (χ3v) is 1.76. The van der Waals surface area contributed by atoms with Gasteiger partial charge in [0, 0.05) is 13.1 Å². The van der Waals surface area contributed by atoms with Gasteiger partial charge in [-0.05, 0) is 12.3 Å². The molecule has 0 saturated carbocycles. The highest BCUT2D eigenvalue weighted by atomic mass is 16.2.